The van der Waals surface area contributed by atoms with Gasteiger partial charge in [-0.05, 0) is 147 Å². The maximum Gasteiger partial charge on any atom is 0.256 e. The van der Waals surface area contributed by atoms with Crippen LogP contribution in [0.5, 0.6) is 0 Å². The summed E-state index contributed by atoms with van der Waals surface area (Å²) in [4.78, 5) is 176. The van der Waals surface area contributed by atoms with Crippen molar-refractivity contribution in [3.8, 4) is 0 Å². The zero-order valence-corrected chi connectivity index (χ0v) is 64.6. The number of aliphatic hydroxyl groups excluding tert-OH is 1. The number of aliphatic hydroxyl groups is 1. The lowest BCUT2D eigenvalue weighted by atomic mass is 9.91. The minimum Gasteiger partial charge on any atom is -0.390 e. The largest absolute Gasteiger partial charge is 0.390 e. The molecule has 0 saturated carbocycles. The third kappa shape index (κ3) is 25.1. The van der Waals surface area contributed by atoms with Gasteiger partial charge in [0.2, 0.25) is 59.1 Å². The van der Waals surface area contributed by atoms with E-state index in [1.807, 2.05) is 54.5 Å². The van der Waals surface area contributed by atoms with E-state index < -0.39 is 160 Å². The normalized spacial score (nSPS) is 27.1. The highest BCUT2D eigenvalue weighted by Gasteiger charge is 2.47. The van der Waals surface area contributed by atoms with E-state index in [2.05, 4.69) is 26.2 Å². The van der Waals surface area contributed by atoms with Crippen LogP contribution in [-0.4, -0.2) is 269 Å². The summed E-state index contributed by atoms with van der Waals surface area (Å²) < 4.78 is 5.86. The minimum absolute atomic E-state index is 0.00389. The number of likely N-dealkylation sites (N-methyl/N-ethyl adjacent to an activating group) is 7. The molecule has 2 saturated heterocycles. The molecule has 26 heteroatoms. The molecule has 0 spiro atoms. The van der Waals surface area contributed by atoms with Crippen LogP contribution in [0.2, 0.25) is 0 Å². The van der Waals surface area contributed by atoms with Crippen LogP contribution in [0.15, 0.2) is 12.2 Å². The monoisotopic (exact) mass is 1390 g/mol. The molecule has 2 rings (SSSR count). The predicted octanol–water partition coefficient (Wildman–Crippen LogP) is 4.97. The van der Waals surface area contributed by atoms with Crippen molar-refractivity contribution in [3.05, 3.63) is 12.2 Å². The molecular formula is C71H128N12O13S. The Hall–Kier alpha value is -5.86. The lowest BCUT2D eigenvalue weighted by molar-refractivity contribution is -0.157. The fourth-order valence-corrected chi connectivity index (χ4v) is 13.8. The standard InChI is InChI=1S/C71H128N12O13S/c1-26-28-33-47(13)58(84)57-62(88)74-50(27-2)64(90)82(24)70(97-37-32-36-83-34-30-29-31-35-83)69(95)79(21)54(41-71(16,17)96-25)61(87)75-55(45(9)10)67(93)76(18)51(38-42(3)4)60(86)72-48(14)59(85)73-49(15)63(89)77(19)52(39-43(5)6)65(91)78(20)53(40-44(7)8)66(92)80(22)56(46(11)12)68(94)81(57)23/h26,28,42-58,70,84H,27,29-41H2,1-25H3,(H,72,86)(H,73,85)(H,74,88)(H,75,87)/t47-,48+,49-,50+,51+,52+,53+,54+,55+,56+,57+,58-,70-/m1/s1. The highest BCUT2D eigenvalue weighted by Crippen LogP contribution is 2.29. The summed E-state index contributed by atoms with van der Waals surface area (Å²) >= 11 is 1.20. The van der Waals surface area contributed by atoms with E-state index in [4.69, 9.17) is 4.74 Å². The first-order valence-corrected chi connectivity index (χ1v) is 36.4. The van der Waals surface area contributed by atoms with Crippen molar-refractivity contribution in [1.82, 2.24) is 60.5 Å². The van der Waals surface area contributed by atoms with Gasteiger partial charge in [0.1, 0.15) is 60.4 Å². The van der Waals surface area contributed by atoms with Gasteiger partial charge in [0.25, 0.3) is 5.91 Å². The Morgan fingerprint density at radius 2 is 1.01 bits per heavy atom. The van der Waals surface area contributed by atoms with Crippen LogP contribution in [-0.2, 0) is 57.5 Å². The van der Waals surface area contributed by atoms with Gasteiger partial charge < -0.3 is 70.3 Å². The Bertz CT molecular complexity index is 2650. The van der Waals surface area contributed by atoms with Crippen LogP contribution < -0.4 is 21.3 Å². The van der Waals surface area contributed by atoms with Crippen LogP contribution in [0.25, 0.3) is 0 Å². The van der Waals surface area contributed by atoms with E-state index >= 15 is 33.6 Å². The number of hydrogen-bond acceptors (Lipinski definition) is 15. The Morgan fingerprint density at radius 3 is 1.51 bits per heavy atom. The molecule has 0 aromatic carbocycles. The van der Waals surface area contributed by atoms with Gasteiger partial charge in [-0.1, -0.05) is 102 Å². The Morgan fingerprint density at radius 1 is 0.536 bits per heavy atom. The van der Waals surface area contributed by atoms with Crippen molar-refractivity contribution < 1.29 is 62.6 Å². The van der Waals surface area contributed by atoms with Gasteiger partial charge in [0.05, 0.1) is 11.7 Å². The summed E-state index contributed by atoms with van der Waals surface area (Å²) in [5.74, 6) is -9.44. The van der Waals surface area contributed by atoms with E-state index in [9.17, 15) is 24.3 Å². The third-order valence-electron chi connectivity index (χ3n) is 19.1. The summed E-state index contributed by atoms with van der Waals surface area (Å²) in [7, 11) is 11.6. The lowest BCUT2D eigenvalue weighted by Gasteiger charge is -2.41. The number of ether oxygens (including phenoxy) is 1. The second-order valence-corrected chi connectivity index (χ2v) is 31.0. The molecule has 2 heterocycles. The summed E-state index contributed by atoms with van der Waals surface area (Å²) in [5, 5.41) is 22.3. The molecule has 11 amide bonds. The molecule has 13 atom stereocenters. The van der Waals surface area contributed by atoms with Crippen LogP contribution in [0.4, 0.5) is 0 Å². The van der Waals surface area contributed by atoms with Gasteiger partial charge in [-0.2, -0.15) is 0 Å². The van der Waals surface area contributed by atoms with Gasteiger partial charge in [0.15, 0.2) is 5.37 Å². The number of piperidine rings is 1. The molecule has 25 nitrogen and oxygen atoms in total. The van der Waals surface area contributed by atoms with Crippen molar-refractivity contribution in [3.63, 3.8) is 0 Å². The molecule has 97 heavy (non-hydrogen) atoms. The number of nitrogens with zero attached hydrogens (tertiary/aromatic N) is 8. The number of methoxy groups -OCH3 is 1. The molecule has 2 aliphatic heterocycles. The number of rotatable bonds is 21. The number of thioether (sulfide) groups is 1. The molecule has 0 radical (unpaired) electrons. The average Bonchev–Trinajstić information content (AvgIpc) is 0.815. The number of carbonyl (C=O) groups is 11. The highest BCUT2D eigenvalue weighted by molar-refractivity contribution is 8.00. The first-order valence-electron chi connectivity index (χ1n) is 35.3. The Kier molecular flexibility index (Phi) is 36.3. The number of likely N-dealkylation sites (tertiary alicyclic amines) is 1. The van der Waals surface area contributed by atoms with E-state index in [0.29, 0.717) is 18.6 Å². The lowest BCUT2D eigenvalue weighted by Crippen LogP contribution is -2.64. The number of amides is 11. The molecule has 5 N–H and O–H groups in total. The van der Waals surface area contributed by atoms with Gasteiger partial charge in [0, 0.05) is 62.9 Å². The molecule has 0 unspecified atom stereocenters. The number of nitrogens with one attached hydrogen (secondary N) is 4. The third-order valence-corrected chi connectivity index (χ3v) is 20.4. The quantitative estimate of drug-likeness (QED) is 0.0749. The van der Waals surface area contributed by atoms with Crippen molar-refractivity contribution in [1.29, 1.82) is 0 Å². The molecule has 0 aliphatic carbocycles. The minimum atomic E-state index is -1.64. The number of carbonyl (C=O) groups excluding carboxylic acids is 11. The van der Waals surface area contributed by atoms with Gasteiger partial charge in [-0.3, -0.25) is 52.7 Å². The fourth-order valence-electron chi connectivity index (χ4n) is 12.6. The fraction of sp³-hybridized carbons (Fsp3) is 0.817. The average molecular weight is 1390 g/mol. The maximum absolute atomic E-state index is 15.6. The van der Waals surface area contributed by atoms with Crippen molar-refractivity contribution in [2.45, 2.75) is 259 Å². The van der Waals surface area contributed by atoms with Gasteiger partial charge in [-0.25, -0.2) is 0 Å². The summed E-state index contributed by atoms with van der Waals surface area (Å²) in [6.07, 6.45) is 6.66. The van der Waals surface area contributed by atoms with E-state index in [0.717, 1.165) is 43.8 Å². The first-order chi connectivity index (χ1) is 45.0. The topological polar surface area (TPSA) is 291 Å². The van der Waals surface area contributed by atoms with E-state index in [-0.39, 0.29) is 49.9 Å². The van der Waals surface area contributed by atoms with Gasteiger partial charge in [-0.15, -0.1) is 11.8 Å². The molecule has 2 fully saturated rings. The van der Waals surface area contributed by atoms with Crippen LogP contribution in [0, 0.1) is 35.5 Å². The Labute approximate surface area is 586 Å². The molecule has 0 bridgehead atoms. The summed E-state index contributed by atoms with van der Waals surface area (Å²) in [6, 6.07) is -12.8. The smallest absolute Gasteiger partial charge is 0.256 e. The van der Waals surface area contributed by atoms with E-state index in [1.54, 1.807) is 61.5 Å². The number of hydrogen-bond donors (Lipinski definition) is 5. The summed E-state index contributed by atoms with van der Waals surface area (Å²) in [6.45, 7) is 32.4. The van der Waals surface area contributed by atoms with Crippen molar-refractivity contribution in [2.24, 2.45) is 35.5 Å². The second-order valence-electron chi connectivity index (χ2n) is 29.8. The maximum atomic E-state index is 15.6. The Balaban J connectivity index is 3.14. The highest BCUT2D eigenvalue weighted by atomic mass is 32.2. The van der Waals surface area contributed by atoms with E-state index in [1.165, 1.54) is 111 Å². The SMILES string of the molecule is CC=CC[C@@H](C)[C@@H](O)[C@H]1C(=O)N[C@@H](CC)C(=O)N(C)[C@H](SCCCN2CCCCC2)C(=O)N(C)[C@@H](CC(C)(C)OC)C(=O)N[C@@H](C(C)C)C(=O)N(C)[C@@H](CC(C)C)C(=O)N[C@@H](C)C(=O)N[C@H](C)C(=O)N(C)[C@@H](CC(C)C)C(=O)N(C)[C@@H](CC(C)C)C(=O)N(C)[C@@H](C(C)C)C(=O)N1C. The van der Waals surface area contributed by atoms with Crippen molar-refractivity contribution >= 4 is 76.7 Å². The zero-order chi connectivity index (χ0) is 74.4. The van der Waals surface area contributed by atoms with Gasteiger partial charge >= 0.3 is 0 Å². The van der Waals surface area contributed by atoms with Crippen LogP contribution in [0.3, 0.4) is 0 Å². The molecule has 0 aromatic rings. The molecular weight excluding hydrogens is 1260 g/mol. The first kappa shape index (κ1) is 87.2. The van der Waals surface area contributed by atoms with Crippen molar-refractivity contribution in [2.75, 3.05) is 81.8 Å². The zero-order valence-electron chi connectivity index (χ0n) is 63.8. The molecule has 556 valence electrons. The summed E-state index contributed by atoms with van der Waals surface area (Å²) in [5.41, 5.74) is -1.04. The second kappa shape index (κ2) is 40.4. The molecule has 2 aliphatic rings. The predicted molar refractivity (Wildman–Crippen MR) is 381 cm³/mol. The van der Waals surface area contributed by atoms with Crippen LogP contribution >= 0.6 is 11.8 Å². The number of allylic oxidation sites excluding steroid dienone is 2. The van der Waals surface area contributed by atoms with Crippen LogP contribution in [0.1, 0.15) is 182 Å². The molecule has 0 aromatic heterocycles.